The number of methoxy groups -OCH3 is 1. The molecule has 3 aromatic rings. The first-order valence-electron chi connectivity index (χ1n) is 21.9. The van der Waals surface area contributed by atoms with Crippen LogP contribution in [0.25, 0.3) is 11.1 Å². The molecule has 62 heavy (non-hydrogen) atoms. The lowest BCUT2D eigenvalue weighted by Gasteiger charge is -2.43. The third-order valence-electron chi connectivity index (χ3n) is 12.8. The first-order chi connectivity index (χ1) is 29.3. The van der Waals surface area contributed by atoms with Crippen LogP contribution in [0.4, 0.5) is 5.69 Å². The van der Waals surface area contributed by atoms with Gasteiger partial charge in [0.05, 0.1) is 39.0 Å². The summed E-state index contributed by atoms with van der Waals surface area (Å²) in [6.07, 6.45) is 2.61. The topological polar surface area (TPSA) is 143 Å². The number of amides is 2. The highest BCUT2D eigenvalue weighted by molar-refractivity contribution is 5.97. The van der Waals surface area contributed by atoms with E-state index in [0.29, 0.717) is 41.7 Å². The fourth-order valence-electron chi connectivity index (χ4n) is 9.16. The highest BCUT2D eigenvalue weighted by atomic mass is 16.7. The number of para-hydroxylation sites is 1. The number of nitrogens with one attached hydrogen (secondary N) is 1. The Morgan fingerprint density at radius 2 is 1.71 bits per heavy atom. The quantitative estimate of drug-likeness (QED) is 0.123. The Balaban J connectivity index is 1.47. The predicted octanol–water partition coefficient (Wildman–Crippen LogP) is 6.03. The molecule has 13 heteroatoms. The van der Waals surface area contributed by atoms with Crippen molar-refractivity contribution in [2.45, 2.75) is 84.7 Å². The highest BCUT2D eigenvalue weighted by Gasteiger charge is 2.49. The molecule has 1 aliphatic heterocycles. The van der Waals surface area contributed by atoms with E-state index in [1.165, 1.54) is 5.06 Å². The molecule has 2 fully saturated rings. The van der Waals surface area contributed by atoms with Gasteiger partial charge in [-0.05, 0) is 78.7 Å². The number of aliphatic imine (C=N–C) groups is 2. The monoisotopic (exact) mass is 854 g/mol. The Hall–Kier alpha value is -4.82. The van der Waals surface area contributed by atoms with Crippen molar-refractivity contribution in [2.75, 3.05) is 67.4 Å². The molecule has 3 N–H and O–H groups in total. The molecule has 1 heterocycles. The Kier molecular flexibility index (Phi) is 16.4. The van der Waals surface area contributed by atoms with Crippen LogP contribution >= 0.6 is 0 Å². The molecule has 0 bridgehead atoms. The van der Waals surface area contributed by atoms with Crippen molar-refractivity contribution < 1.29 is 29.4 Å². The van der Waals surface area contributed by atoms with Crippen molar-refractivity contribution >= 4 is 29.7 Å². The largest absolute Gasteiger partial charge is 0.496 e. The van der Waals surface area contributed by atoms with Crippen LogP contribution in [0.5, 0.6) is 5.75 Å². The van der Waals surface area contributed by atoms with Crippen LogP contribution in [0.1, 0.15) is 68.9 Å². The lowest BCUT2D eigenvalue weighted by molar-refractivity contribution is -0.180. The van der Waals surface area contributed by atoms with Gasteiger partial charge in [0.25, 0.3) is 11.8 Å². The second-order valence-corrected chi connectivity index (χ2v) is 18.7. The summed E-state index contributed by atoms with van der Waals surface area (Å²) < 4.78 is 6.12. The fourth-order valence-corrected chi connectivity index (χ4v) is 9.16. The van der Waals surface area contributed by atoms with E-state index in [9.17, 15) is 19.8 Å². The van der Waals surface area contributed by atoms with Gasteiger partial charge in [0, 0.05) is 76.8 Å². The number of aliphatic hydroxyl groups is 2. The number of hydroxylamine groups is 2. The lowest BCUT2D eigenvalue weighted by Crippen LogP contribution is -2.43. The van der Waals surface area contributed by atoms with Crippen LogP contribution in [-0.4, -0.2) is 136 Å². The maximum Gasteiger partial charge on any atom is 0.265 e. The summed E-state index contributed by atoms with van der Waals surface area (Å²) in [5.41, 5.74) is 4.82. The molecule has 2 unspecified atom stereocenters. The van der Waals surface area contributed by atoms with E-state index in [1.54, 1.807) is 20.2 Å². The van der Waals surface area contributed by atoms with Gasteiger partial charge in [-0.15, -0.1) is 0 Å². The molecule has 1 saturated carbocycles. The number of carbonyl (C=O) groups is 2. The Bertz CT molecular complexity index is 2020. The summed E-state index contributed by atoms with van der Waals surface area (Å²) in [5.74, 6) is 0.965. The number of nitrogens with zero attached hydrogens (tertiary/aromatic N) is 6. The molecule has 338 valence electrons. The van der Waals surface area contributed by atoms with Gasteiger partial charge in [-0.2, -0.15) is 5.06 Å². The molecule has 2 amide bonds. The minimum absolute atomic E-state index is 0.109. The fraction of sp³-hybridized carbons (Fsp3) is 0.551. The molecule has 0 radical (unpaired) electrons. The highest BCUT2D eigenvalue weighted by Crippen LogP contribution is 2.45. The number of carbonyl (C=O) groups excluding carboxylic acids is 2. The van der Waals surface area contributed by atoms with Crippen molar-refractivity contribution in [3.63, 3.8) is 0 Å². The van der Waals surface area contributed by atoms with Crippen LogP contribution in [0.3, 0.4) is 0 Å². The van der Waals surface area contributed by atoms with E-state index in [0.717, 1.165) is 41.2 Å². The van der Waals surface area contributed by atoms with Gasteiger partial charge in [-0.25, -0.2) is 4.99 Å². The van der Waals surface area contributed by atoms with Gasteiger partial charge in [0.15, 0.2) is 5.96 Å². The molecule has 5 rings (SSSR count). The molecule has 3 aromatic carbocycles. The van der Waals surface area contributed by atoms with Gasteiger partial charge in [0.1, 0.15) is 17.9 Å². The molecule has 1 aliphatic carbocycles. The third-order valence-corrected chi connectivity index (χ3v) is 12.8. The van der Waals surface area contributed by atoms with Gasteiger partial charge < -0.3 is 35.0 Å². The van der Waals surface area contributed by atoms with Crippen molar-refractivity contribution in [2.24, 2.45) is 39.1 Å². The van der Waals surface area contributed by atoms with E-state index < -0.39 is 30.1 Å². The number of hydrogen-bond acceptors (Lipinski definition) is 9. The van der Waals surface area contributed by atoms with Gasteiger partial charge in [-0.3, -0.25) is 19.4 Å². The SMILES string of the molecule is COc1c(CN2O[C@@H](CO)C([C@H](C)O)[C@H]2C(=O)N=CC2C[C@@H](C)C(C)(C)C[C@@H]2C)cccc1-c1cc(C(=O)N[C@H](CN=C(N(C)C)N(C)C)Cc2ccccc2)cc(N(C)C)c1. The summed E-state index contributed by atoms with van der Waals surface area (Å²) in [4.78, 5) is 50.0. The average molecular weight is 854 g/mol. The van der Waals surface area contributed by atoms with Crippen molar-refractivity contribution in [1.29, 1.82) is 0 Å². The molecule has 1 saturated heterocycles. The van der Waals surface area contributed by atoms with E-state index in [-0.39, 0.29) is 36.4 Å². The number of anilines is 1. The van der Waals surface area contributed by atoms with Crippen LogP contribution in [0, 0.1) is 29.1 Å². The molecule has 0 spiro atoms. The summed E-state index contributed by atoms with van der Waals surface area (Å²) in [5, 5.41) is 26.2. The number of guanidine groups is 1. The Morgan fingerprint density at radius 1 is 1.02 bits per heavy atom. The van der Waals surface area contributed by atoms with Crippen molar-refractivity contribution in [3.8, 4) is 16.9 Å². The van der Waals surface area contributed by atoms with Crippen LogP contribution in [0.2, 0.25) is 0 Å². The van der Waals surface area contributed by atoms with Crippen LogP contribution < -0.4 is 15.0 Å². The van der Waals surface area contributed by atoms with Crippen molar-refractivity contribution in [1.82, 2.24) is 20.2 Å². The molecular weight excluding hydrogens is 783 g/mol. The van der Waals surface area contributed by atoms with Crippen LogP contribution in [0.15, 0.2) is 76.7 Å². The number of benzene rings is 3. The standard InChI is InChI=1S/C49H71N7O6/c1-31-26-49(4,5)32(2)21-38(31)27-50-47(60)44-43(33(3)58)42(30-57)62-56(44)29-35-19-16-20-41(45(35)61-12)36-23-37(25-40(24-36)53(6)7)46(59)52-39(22-34-17-14-13-15-18-34)28-51-48(54(8)9)55(10)11/h13-20,23-25,27,31-33,38-39,42-44,57-58H,21-22,26,28-30H2,1-12H3,(H,52,59)/t31-,32+,33-,38?,39-,42-,43?,44-/m0/s1. The van der Waals surface area contributed by atoms with Gasteiger partial charge in [-0.1, -0.05) is 76.2 Å². The van der Waals surface area contributed by atoms with Gasteiger partial charge >= 0.3 is 0 Å². The predicted molar refractivity (Wildman–Crippen MR) is 249 cm³/mol. The zero-order valence-corrected chi connectivity index (χ0v) is 39.0. The molecule has 13 nitrogen and oxygen atoms in total. The minimum Gasteiger partial charge on any atom is -0.496 e. The summed E-state index contributed by atoms with van der Waals surface area (Å²) in [7, 11) is 13.3. The lowest BCUT2D eigenvalue weighted by atomic mass is 9.62. The first-order valence-corrected chi connectivity index (χ1v) is 21.9. The summed E-state index contributed by atoms with van der Waals surface area (Å²) >= 11 is 0. The number of rotatable bonds is 15. The van der Waals surface area contributed by atoms with Crippen molar-refractivity contribution in [3.05, 3.63) is 83.4 Å². The normalized spacial score (nSPS) is 23.4. The molecular formula is C49H71N7O6. The number of hydrogen-bond donors (Lipinski definition) is 3. The average Bonchev–Trinajstić information content (AvgIpc) is 3.59. The van der Waals surface area contributed by atoms with E-state index in [2.05, 4.69) is 50.1 Å². The van der Waals surface area contributed by atoms with E-state index >= 15 is 0 Å². The second kappa shape index (κ2) is 21.0. The van der Waals surface area contributed by atoms with E-state index in [1.807, 2.05) is 112 Å². The molecule has 2 aliphatic rings. The third kappa shape index (κ3) is 11.6. The zero-order chi connectivity index (χ0) is 45.5. The smallest absolute Gasteiger partial charge is 0.265 e. The molecule has 8 atom stereocenters. The maximum absolute atomic E-state index is 14.3. The van der Waals surface area contributed by atoms with E-state index in [4.69, 9.17) is 14.6 Å². The van der Waals surface area contributed by atoms with Crippen LogP contribution in [-0.2, 0) is 22.6 Å². The summed E-state index contributed by atoms with van der Waals surface area (Å²) in [6.45, 7) is 10.8. The summed E-state index contributed by atoms with van der Waals surface area (Å²) in [6, 6.07) is 20.3. The number of ether oxygens (including phenoxy) is 1. The minimum atomic E-state index is -0.954. The molecule has 0 aromatic heterocycles. The maximum atomic E-state index is 14.3. The van der Waals surface area contributed by atoms with Gasteiger partial charge in [0.2, 0.25) is 0 Å². The second-order valence-electron chi connectivity index (χ2n) is 18.7. The number of aliphatic hydroxyl groups excluding tert-OH is 2. The Morgan fingerprint density at radius 3 is 2.32 bits per heavy atom. The Labute approximate surface area is 369 Å². The zero-order valence-electron chi connectivity index (χ0n) is 39.0. The first kappa shape index (κ1) is 48.2.